The van der Waals surface area contributed by atoms with Gasteiger partial charge in [0.25, 0.3) is 0 Å². The summed E-state index contributed by atoms with van der Waals surface area (Å²) in [5.41, 5.74) is 2.17. The molecule has 0 spiro atoms. The van der Waals surface area contributed by atoms with Crippen LogP contribution in [0.5, 0.6) is 0 Å². The molecule has 1 heterocycles. The van der Waals surface area contributed by atoms with E-state index in [1.807, 2.05) is 13.8 Å². The number of nitrogens with zero attached hydrogens (tertiary/aromatic N) is 1. The molecule has 116 valence electrons. The van der Waals surface area contributed by atoms with Crippen LogP contribution in [-0.2, 0) is 0 Å². The smallest absolute Gasteiger partial charge is 0.0788 e. The van der Waals surface area contributed by atoms with Crippen LogP contribution in [0.3, 0.4) is 0 Å². The van der Waals surface area contributed by atoms with E-state index < -0.39 is 0 Å². The van der Waals surface area contributed by atoms with Crippen LogP contribution < -0.4 is 0 Å². The first-order chi connectivity index (χ1) is 11.9. The minimum Gasteiger partial charge on any atom is -0.246 e. The molecule has 0 aliphatic rings. The van der Waals surface area contributed by atoms with Gasteiger partial charge in [-0.2, -0.15) is 0 Å². The van der Waals surface area contributed by atoms with Crippen LogP contribution in [0, 0.1) is 0 Å². The number of pyridine rings is 1. The Kier molecular flexibility index (Phi) is 3.62. The first kappa shape index (κ1) is 14.6. The van der Waals surface area contributed by atoms with Gasteiger partial charge < -0.3 is 0 Å². The third-order valence-electron chi connectivity index (χ3n) is 4.40. The molecule has 0 aliphatic carbocycles. The molecule has 5 aromatic rings. The van der Waals surface area contributed by atoms with Gasteiger partial charge in [0, 0.05) is 21.5 Å². The van der Waals surface area contributed by atoms with Crippen molar-refractivity contribution < 1.29 is 0 Å². The van der Waals surface area contributed by atoms with E-state index in [2.05, 4.69) is 78.9 Å². The number of fused-ring (bicyclic) bond motifs is 6. The lowest BCUT2D eigenvalue weighted by atomic mass is 10.0. The Bertz CT molecular complexity index is 1080. The van der Waals surface area contributed by atoms with Crippen LogP contribution in [-0.4, -0.2) is 4.98 Å². The molecule has 0 saturated heterocycles. The molecule has 0 N–H and O–H groups in total. The molecule has 1 aromatic heterocycles. The Morgan fingerprint density at radius 2 is 0.917 bits per heavy atom. The van der Waals surface area contributed by atoms with Gasteiger partial charge in [0.05, 0.1) is 11.0 Å². The second-order valence-corrected chi connectivity index (χ2v) is 5.71. The van der Waals surface area contributed by atoms with Crippen molar-refractivity contribution in [1.29, 1.82) is 0 Å². The molecular weight excluding hydrogens is 290 g/mol. The van der Waals surface area contributed by atoms with Gasteiger partial charge in [-0.05, 0) is 16.8 Å². The summed E-state index contributed by atoms with van der Waals surface area (Å²) in [7, 11) is 0. The zero-order valence-electron chi connectivity index (χ0n) is 14.0. The molecule has 0 radical (unpaired) electrons. The van der Waals surface area contributed by atoms with Gasteiger partial charge in [0.2, 0.25) is 0 Å². The standard InChI is InChI=1S/C21H13N.C2H6/c1-3-7-18-14(5-1)9-11-16-13-17-12-10-15-6-2-4-8-19(15)21(17)22-20(16)18;1-2/h1-13H;1-2H3. The van der Waals surface area contributed by atoms with Crippen molar-refractivity contribution >= 4 is 43.4 Å². The number of hydrogen-bond acceptors (Lipinski definition) is 1. The third kappa shape index (κ3) is 2.21. The molecule has 24 heavy (non-hydrogen) atoms. The minimum atomic E-state index is 1.09. The van der Waals surface area contributed by atoms with E-state index in [1.165, 1.54) is 32.3 Å². The van der Waals surface area contributed by atoms with Gasteiger partial charge in [-0.1, -0.05) is 86.6 Å². The molecular formula is C23H19N. The summed E-state index contributed by atoms with van der Waals surface area (Å²) in [6.45, 7) is 4.00. The lowest BCUT2D eigenvalue weighted by molar-refractivity contribution is 1.50. The highest BCUT2D eigenvalue weighted by Crippen LogP contribution is 2.30. The predicted molar refractivity (Wildman–Crippen MR) is 106 cm³/mol. The lowest BCUT2D eigenvalue weighted by Crippen LogP contribution is -1.86. The van der Waals surface area contributed by atoms with Crippen LogP contribution in [0.4, 0.5) is 0 Å². The average Bonchev–Trinajstić information content (AvgIpc) is 2.68. The molecule has 5 rings (SSSR count). The zero-order chi connectivity index (χ0) is 16.5. The van der Waals surface area contributed by atoms with Crippen molar-refractivity contribution in [3.05, 3.63) is 78.9 Å². The topological polar surface area (TPSA) is 12.9 Å². The van der Waals surface area contributed by atoms with Crippen LogP contribution in [0.1, 0.15) is 13.8 Å². The summed E-state index contributed by atoms with van der Waals surface area (Å²) < 4.78 is 0. The SMILES string of the molecule is CC.c1ccc2c(c1)ccc1cc3ccc4ccccc4c3nc12. The maximum absolute atomic E-state index is 5.03. The fourth-order valence-corrected chi connectivity index (χ4v) is 3.31. The summed E-state index contributed by atoms with van der Waals surface area (Å²) in [5, 5.41) is 7.30. The third-order valence-corrected chi connectivity index (χ3v) is 4.40. The highest BCUT2D eigenvalue weighted by atomic mass is 14.7. The molecule has 0 unspecified atom stereocenters. The van der Waals surface area contributed by atoms with Gasteiger partial charge in [-0.15, -0.1) is 0 Å². The maximum atomic E-state index is 5.03. The second-order valence-electron chi connectivity index (χ2n) is 5.71. The molecule has 0 amide bonds. The monoisotopic (exact) mass is 309 g/mol. The normalized spacial score (nSPS) is 10.9. The lowest BCUT2D eigenvalue weighted by Gasteiger charge is -2.07. The highest BCUT2D eigenvalue weighted by Gasteiger charge is 2.06. The fraction of sp³-hybridized carbons (Fsp3) is 0.0870. The molecule has 4 aromatic carbocycles. The summed E-state index contributed by atoms with van der Waals surface area (Å²) >= 11 is 0. The number of aromatic nitrogens is 1. The Labute approximate surface area is 141 Å². The molecule has 1 heteroatoms. The quantitative estimate of drug-likeness (QED) is 0.228. The largest absolute Gasteiger partial charge is 0.246 e. The minimum absolute atomic E-state index is 1.09. The van der Waals surface area contributed by atoms with Crippen molar-refractivity contribution in [1.82, 2.24) is 4.98 Å². The van der Waals surface area contributed by atoms with E-state index in [9.17, 15) is 0 Å². The molecule has 0 atom stereocenters. The maximum Gasteiger partial charge on any atom is 0.0788 e. The first-order valence-electron chi connectivity index (χ1n) is 8.50. The van der Waals surface area contributed by atoms with Crippen LogP contribution in [0.15, 0.2) is 78.9 Å². The van der Waals surface area contributed by atoms with E-state index in [0.717, 1.165) is 11.0 Å². The fourth-order valence-electron chi connectivity index (χ4n) is 3.31. The van der Waals surface area contributed by atoms with Crippen molar-refractivity contribution in [2.75, 3.05) is 0 Å². The summed E-state index contributed by atoms with van der Waals surface area (Å²) in [6.07, 6.45) is 0. The van der Waals surface area contributed by atoms with Gasteiger partial charge in [0.1, 0.15) is 0 Å². The Balaban J connectivity index is 0.000000704. The first-order valence-corrected chi connectivity index (χ1v) is 8.50. The Hall–Kier alpha value is -2.93. The van der Waals surface area contributed by atoms with E-state index in [0.29, 0.717) is 0 Å². The van der Waals surface area contributed by atoms with Crippen molar-refractivity contribution in [3.8, 4) is 0 Å². The Morgan fingerprint density at radius 3 is 1.42 bits per heavy atom. The highest BCUT2D eigenvalue weighted by molar-refractivity contribution is 6.13. The predicted octanol–water partition coefficient (Wildman–Crippen LogP) is 6.72. The molecule has 0 bridgehead atoms. The van der Waals surface area contributed by atoms with Crippen LogP contribution >= 0.6 is 0 Å². The van der Waals surface area contributed by atoms with E-state index >= 15 is 0 Å². The average molecular weight is 309 g/mol. The van der Waals surface area contributed by atoms with E-state index in [-0.39, 0.29) is 0 Å². The van der Waals surface area contributed by atoms with Gasteiger partial charge in [-0.3, -0.25) is 0 Å². The Morgan fingerprint density at radius 1 is 0.500 bits per heavy atom. The van der Waals surface area contributed by atoms with E-state index in [1.54, 1.807) is 0 Å². The van der Waals surface area contributed by atoms with Crippen molar-refractivity contribution in [2.45, 2.75) is 13.8 Å². The summed E-state index contributed by atoms with van der Waals surface area (Å²) in [4.78, 5) is 5.03. The molecule has 1 nitrogen and oxygen atoms in total. The summed E-state index contributed by atoms with van der Waals surface area (Å²) in [5.74, 6) is 0. The number of rotatable bonds is 0. The molecule has 0 aliphatic heterocycles. The zero-order valence-corrected chi connectivity index (χ0v) is 14.0. The van der Waals surface area contributed by atoms with Gasteiger partial charge in [0.15, 0.2) is 0 Å². The number of hydrogen-bond donors (Lipinski definition) is 0. The molecule has 0 fully saturated rings. The number of benzene rings is 4. The van der Waals surface area contributed by atoms with Gasteiger partial charge in [-0.25, -0.2) is 4.98 Å². The molecule has 0 saturated carbocycles. The van der Waals surface area contributed by atoms with Crippen molar-refractivity contribution in [2.24, 2.45) is 0 Å². The second kappa shape index (κ2) is 5.93. The van der Waals surface area contributed by atoms with Crippen molar-refractivity contribution in [3.63, 3.8) is 0 Å². The van der Waals surface area contributed by atoms with Gasteiger partial charge >= 0.3 is 0 Å². The van der Waals surface area contributed by atoms with Crippen LogP contribution in [0.2, 0.25) is 0 Å². The van der Waals surface area contributed by atoms with E-state index in [4.69, 9.17) is 4.98 Å². The summed E-state index contributed by atoms with van der Waals surface area (Å²) in [6, 6.07) is 27.8. The van der Waals surface area contributed by atoms with Crippen LogP contribution in [0.25, 0.3) is 43.4 Å².